The molecule has 0 radical (unpaired) electrons. The molecule has 8 heteroatoms. The molecule has 2 amide bonds. The lowest BCUT2D eigenvalue weighted by atomic mass is 10.1. The maximum absolute atomic E-state index is 13.3. The molecule has 0 atom stereocenters. The van der Waals surface area contributed by atoms with Crippen LogP contribution in [0.1, 0.15) is 28.6 Å². The van der Waals surface area contributed by atoms with Crippen molar-refractivity contribution >= 4 is 28.5 Å². The van der Waals surface area contributed by atoms with E-state index in [1.54, 1.807) is 23.2 Å². The van der Waals surface area contributed by atoms with Crippen LogP contribution in [0.5, 0.6) is 0 Å². The van der Waals surface area contributed by atoms with Gasteiger partial charge in [0.1, 0.15) is 12.3 Å². The molecule has 0 saturated heterocycles. The Kier molecular flexibility index (Phi) is 6.57. The number of pyridine rings is 1. The van der Waals surface area contributed by atoms with Gasteiger partial charge in [-0.3, -0.25) is 9.59 Å². The lowest BCUT2D eigenvalue weighted by Gasteiger charge is -2.11. The van der Waals surface area contributed by atoms with Crippen LogP contribution in [0.15, 0.2) is 89.7 Å². The summed E-state index contributed by atoms with van der Waals surface area (Å²) >= 11 is 0. The zero-order valence-electron chi connectivity index (χ0n) is 19.8. The van der Waals surface area contributed by atoms with Crippen LogP contribution in [0, 0.1) is 0 Å². The summed E-state index contributed by atoms with van der Waals surface area (Å²) in [5, 5.41) is 10.7. The van der Waals surface area contributed by atoms with Crippen LogP contribution in [0.2, 0.25) is 0 Å². The van der Waals surface area contributed by atoms with Gasteiger partial charge in [0.2, 0.25) is 5.91 Å². The molecule has 2 aromatic carbocycles. The van der Waals surface area contributed by atoms with E-state index in [0.29, 0.717) is 28.8 Å². The average molecular weight is 480 g/mol. The van der Waals surface area contributed by atoms with Gasteiger partial charge in [-0.25, -0.2) is 9.67 Å². The molecule has 0 aliphatic heterocycles. The van der Waals surface area contributed by atoms with Crippen molar-refractivity contribution in [3.8, 4) is 11.3 Å². The standard InChI is InChI=1S/C28H25N5O3/c1-2-19-9-6-7-13-24(19)31-26(34)17-29-28(35)22-15-25(20-10-4-3-5-11-20)32-27-23(22)16-30-33(27)18-21-12-8-14-36-21/h3-16H,2,17-18H2,1H3,(H,29,35)(H,31,34). The van der Waals surface area contributed by atoms with Gasteiger partial charge in [-0.1, -0.05) is 55.5 Å². The molecule has 3 aromatic heterocycles. The Morgan fingerprint density at radius 3 is 2.58 bits per heavy atom. The molecule has 0 aliphatic rings. The third-order valence-electron chi connectivity index (χ3n) is 5.89. The first-order valence-corrected chi connectivity index (χ1v) is 11.7. The van der Waals surface area contributed by atoms with E-state index in [1.165, 1.54) is 0 Å². The summed E-state index contributed by atoms with van der Waals surface area (Å²) in [5.41, 5.74) is 4.23. The summed E-state index contributed by atoms with van der Waals surface area (Å²) < 4.78 is 7.17. The molecule has 0 saturated carbocycles. The lowest BCUT2D eigenvalue weighted by molar-refractivity contribution is -0.115. The highest BCUT2D eigenvalue weighted by Gasteiger charge is 2.19. The Balaban J connectivity index is 1.42. The maximum Gasteiger partial charge on any atom is 0.252 e. The Hall–Kier alpha value is -4.72. The lowest BCUT2D eigenvalue weighted by Crippen LogP contribution is -2.33. The summed E-state index contributed by atoms with van der Waals surface area (Å²) in [6.07, 6.45) is 4.02. The van der Waals surface area contributed by atoms with E-state index in [1.807, 2.05) is 73.7 Å². The van der Waals surface area contributed by atoms with E-state index < -0.39 is 0 Å². The number of hydrogen-bond acceptors (Lipinski definition) is 5. The Morgan fingerprint density at radius 1 is 1.00 bits per heavy atom. The molecule has 180 valence electrons. The summed E-state index contributed by atoms with van der Waals surface area (Å²) in [6, 6.07) is 22.6. The second-order valence-electron chi connectivity index (χ2n) is 8.28. The number of fused-ring (bicyclic) bond motifs is 1. The van der Waals surface area contributed by atoms with Gasteiger partial charge in [0.05, 0.1) is 35.6 Å². The molecular formula is C28H25N5O3. The zero-order chi connectivity index (χ0) is 24.9. The van der Waals surface area contributed by atoms with Crippen molar-refractivity contribution in [2.24, 2.45) is 0 Å². The van der Waals surface area contributed by atoms with Crippen molar-refractivity contribution in [1.82, 2.24) is 20.1 Å². The molecule has 0 fully saturated rings. The number of furan rings is 1. The number of anilines is 1. The molecule has 0 spiro atoms. The fourth-order valence-corrected chi connectivity index (χ4v) is 4.06. The van der Waals surface area contributed by atoms with Crippen LogP contribution in [-0.4, -0.2) is 33.1 Å². The van der Waals surface area contributed by atoms with Crippen LogP contribution in [0.4, 0.5) is 5.69 Å². The van der Waals surface area contributed by atoms with Crippen molar-refractivity contribution in [3.63, 3.8) is 0 Å². The van der Waals surface area contributed by atoms with Gasteiger partial charge in [-0.05, 0) is 36.2 Å². The molecule has 36 heavy (non-hydrogen) atoms. The van der Waals surface area contributed by atoms with Gasteiger partial charge in [-0.2, -0.15) is 5.10 Å². The number of para-hydroxylation sites is 1. The van der Waals surface area contributed by atoms with Crippen molar-refractivity contribution in [2.75, 3.05) is 11.9 Å². The van der Waals surface area contributed by atoms with Crippen LogP contribution >= 0.6 is 0 Å². The molecule has 3 heterocycles. The second-order valence-corrected chi connectivity index (χ2v) is 8.28. The van der Waals surface area contributed by atoms with Crippen molar-refractivity contribution in [3.05, 3.63) is 102 Å². The Labute approximate surface area is 208 Å². The topological polar surface area (TPSA) is 102 Å². The van der Waals surface area contributed by atoms with E-state index in [0.717, 1.165) is 29.0 Å². The fourth-order valence-electron chi connectivity index (χ4n) is 4.06. The third kappa shape index (κ3) is 4.88. The second kappa shape index (κ2) is 10.3. The molecule has 2 N–H and O–H groups in total. The van der Waals surface area contributed by atoms with Crippen molar-refractivity contribution < 1.29 is 14.0 Å². The Bertz CT molecular complexity index is 1510. The van der Waals surface area contributed by atoms with Crippen LogP contribution in [-0.2, 0) is 17.8 Å². The fraction of sp³-hybridized carbons (Fsp3) is 0.143. The zero-order valence-corrected chi connectivity index (χ0v) is 19.8. The molecule has 5 rings (SSSR count). The summed E-state index contributed by atoms with van der Waals surface area (Å²) in [7, 11) is 0. The van der Waals surface area contributed by atoms with Gasteiger partial charge < -0.3 is 15.1 Å². The van der Waals surface area contributed by atoms with E-state index in [4.69, 9.17) is 9.40 Å². The molecule has 5 aromatic rings. The number of carbonyl (C=O) groups is 2. The third-order valence-corrected chi connectivity index (χ3v) is 5.89. The van der Waals surface area contributed by atoms with Gasteiger partial charge in [-0.15, -0.1) is 0 Å². The molecular weight excluding hydrogens is 454 g/mol. The number of nitrogens with zero attached hydrogens (tertiary/aromatic N) is 3. The number of aromatic nitrogens is 3. The minimum Gasteiger partial charge on any atom is -0.467 e. The van der Waals surface area contributed by atoms with Gasteiger partial charge in [0.25, 0.3) is 5.91 Å². The van der Waals surface area contributed by atoms with Crippen LogP contribution in [0.25, 0.3) is 22.3 Å². The summed E-state index contributed by atoms with van der Waals surface area (Å²) in [4.78, 5) is 30.7. The number of carbonyl (C=O) groups excluding carboxylic acids is 2. The highest BCUT2D eigenvalue weighted by molar-refractivity contribution is 6.08. The minimum absolute atomic E-state index is 0.165. The monoisotopic (exact) mass is 479 g/mol. The highest BCUT2D eigenvalue weighted by atomic mass is 16.3. The number of rotatable bonds is 8. The van der Waals surface area contributed by atoms with Gasteiger partial charge >= 0.3 is 0 Å². The summed E-state index contributed by atoms with van der Waals surface area (Å²) in [6.45, 7) is 2.24. The van der Waals surface area contributed by atoms with Crippen molar-refractivity contribution in [1.29, 1.82) is 0 Å². The van der Waals surface area contributed by atoms with E-state index >= 15 is 0 Å². The first kappa shape index (κ1) is 23.0. The quantitative estimate of drug-likeness (QED) is 0.337. The normalized spacial score (nSPS) is 10.9. The van der Waals surface area contributed by atoms with Gasteiger partial charge in [0.15, 0.2) is 5.65 Å². The minimum atomic E-state index is -0.379. The van der Waals surface area contributed by atoms with E-state index in [2.05, 4.69) is 15.7 Å². The number of hydrogen-bond donors (Lipinski definition) is 2. The number of nitrogens with one attached hydrogen (secondary N) is 2. The van der Waals surface area contributed by atoms with E-state index in [-0.39, 0.29) is 18.4 Å². The Morgan fingerprint density at radius 2 is 1.81 bits per heavy atom. The van der Waals surface area contributed by atoms with Crippen LogP contribution < -0.4 is 10.6 Å². The highest BCUT2D eigenvalue weighted by Crippen LogP contribution is 2.25. The molecule has 0 bridgehead atoms. The SMILES string of the molecule is CCc1ccccc1NC(=O)CNC(=O)c1cc(-c2ccccc2)nc2c1cnn2Cc1ccco1. The molecule has 0 unspecified atom stereocenters. The average Bonchev–Trinajstić information content (AvgIpc) is 3.58. The number of aryl methyl sites for hydroxylation is 1. The van der Waals surface area contributed by atoms with E-state index in [9.17, 15) is 9.59 Å². The first-order valence-electron chi connectivity index (χ1n) is 11.7. The smallest absolute Gasteiger partial charge is 0.252 e. The number of benzene rings is 2. The predicted octanol–water partition coefficient (Wildman–Crippen LogP) is 4.67. The maximum atomic E-state index is 13.3. The van der Waals surface area contributed by atoms with Crippen molar-refractivity contribution in [2.45, 2.75) is 19.9 Å². The number of amides is 2. The largest absolute Gasteiger partial charge is 0.467 e. The first-order chi connectivity index (χ1) is 17.6. The molecule has 0 aliphatic carbocycles. The van der Waals surface area contributed by atoms with Gasteiger partial charge in [0, 0.05) is 11.3 Å². The predicted molar refractivity (Wildman–Crippen MR) is 138 cm³/mol. The van der Waals surface area contributed by atoms with Crippen LogP contribution in [0.3, 0.4) is 0 Å². The molecule has 8 nitrogen and oxygen atoms in total. The summed E-state index contributed by atoms with van der Waals surface area (Å²) in [5.74, 6) is 0.0457.